The number of amides is 1. The summed E-state index contributed by atoms with van der Waals surface area (Å²) in [4.78, 5) is 13.0. The molecular weight excluding hydrogens is 456 g/mol. The lowest BCUT2D eigenvalue weighted by Crippen LogP contribution is -2.40. The summed E-state index contributed by atoms with van der Waals surface area (Å²) in [6, 6.07) is 18.4. The number of benzene rings is 3. The number of hydrogen-bond donors (Lipinski definition) is 1. The van der Waals surface area contributed by atoms with Crippen molar-refractivity contribution in [3.8, 4) is 17.2 Å². The zero-order valence-electron chi connectivity index (χ0n) is 19.6. The molecule has 0 spiro atoms. The van der Waals surface area contributed by atoms with Gasteiger partial charge >= 0.3 is 0 Å². The molecule has 8 nitrogen and oxygen atoms in total. The maximum absolute atomic E-state index is 13.6. The topological polar surface area (TPSA) is 94.2 Å². The van der Waals surface area contributed by atoms with Crippen molar-refractivity contribution in [1.82, 2.24) is 5.32 Å². The highest BCUT2D eigenvalue weighted by molar-refractivity contribution is 7.92. The number of methoxy groups -OCH3 is 3. The van der Waals surface area contributed by atoms with Gasteiger partial charge in [0, 0.05) is 12.6 Å². The summed E-state index contributed by atoms with van der Waals surface area (Å²) in [5, 5.41) is 2.78. The summed E-state index contributed by atoms with van der Waals surface area (Å²) in [6.45, 7) is 1.65. The van der Waals surface area contributed by atoms with E-state index in [9.17, 15) is 13.2 Å². The van der Waals surface area contributed by atoms with Crippen molar-refractivity contribution in [1.29, 1.82) is 0 Å². The van der Waals surface area contributed by atoms with Gasteiger partial charge in [0.25, 0.3) is 10.0 Å². The first-order chi connectivity index (χ1) is 16.3. The Labute approximate surface area is 200 Å². The molecule has 1 amide bonds. The van der Waals surface area contributed by atoms with Gasteiger partial charge in [0.2, 0.25) is 5.91 Å². The molecule has 1 N–H and O–H groups in total. The van der Waals surface area contributed by atoms with Crippen molar-refractivity contribution >= 4 is 21.6 Å². The molecule has 3 aromatic carbocycles. The summed E-state index contributed by atoms with van der Waals surface area (Å²) in [5.41, 5.74) is 1.96. The second-order valence-electron chi connectivity index (χ2n) is 7.49. The van der Waals surface area contributed by atoms with Gasteiger partial charge in [-0.1, -0.05) is 29.8 Å². The highest BCUT2D eigenvalue weighted by Gasteiger charge is 2.30. The molecule has 34 heavy (non-hydrogen) atoms. The lowest BCUT2D eigenvalue weighted by atomic mass is 10.2. The van der Waals surface area contributed by atoms with Crippen LogP contribution in [0.15, 0.2) is 71.6 Å². The number of nitrogens with one attached hydrogen (secondary N) is 1. The second kappa shape index (κ2) is 10.9. The monoisotopic (exact) mass is 484 g/mol. The summed E-state index contributed by atoms with van der Waals surface area (Å²) < 4.78 is 44.1. The van der Waals surface area contributed by atoms with Gasteiger partial charge in [0.15, 0.2) is 0 Å². The average Bonchev–Trinajstić information content (AvgIpc) is 2.86. The largest absolute Gasteiger partial charge is 0.497 e. The van der Waals surface area contributed by atoms with Gasteiger partial charge in [0.1, 0.15) is 23.8 Å². The molecule has 0 saturated carbocycles. The van der Waals surface area contributed by atoms with Gasteiger partial charge in [0.05, 0.1) is 31.9 Å². The molecule has 0 aromatic heterocycles. The zero-order valence-corrected chi connectivity index (χ0v) is 20.4. The van der Waals surface area contributed by atoms with E-state index >= 15 is 0 Å². The molecule has 0 aliphatic carbocycles. The van der Waals surface area contributed by atoms with E-state index in [1.54, 1.807) is 43.5 Å². The van der Waals surface area contributed by atoms with Crippen LogP contribution in [0.5, 0.6) is 17.2 Å². The highest BCUT2D eigenvalue weighted by atomic mass is 32.2. The van der Waals surface area contributed by atoms with Crippen LogP contribution < -0.4 is 23.8 Å². The minimum absolute atomic E-state index is 0.0610. The molecule has 0 atom stereocenters. The number of carbonyl (C=O) groups is 1. The number of sulfonamides is 1. The van der Waals surface area contributed by atoms with Gasteiger partial charge in [-0.05, 0) is 48.9 Å². The quantitative estimate of drug-likeness (QED) is 0.473. The number of ether oxygens (including phenoxy) is 3. The first kappa shape index (κ1) is 24.9. The van der Waals surface area contributed by atoms with Crippen LogP contribution in [0.3, 0.4) is 0 Å². The van der Waals surface area contributed by atoms with Crippen molar-refractivity contribution in [2.24, 2.45) is 0 Å². The third kappa shape index (κ3) is 5.79. The summed E-state index contributed by atoms with van der Waals surface area (Å²) in [7, 11) is 0.395. The Bertz CT molecular complexity index is 1230. The molecule has 9 heteroatoms. The average molecular weight is 485 g/mol. The van der Waals surface area contributed by atoms with Crippen LogP contribution in [0.2, 0.25) is 0 Å². The Kier molecular flexibility index (Phi) is 8.01. The smallest absolute Gasteiger partial charge is 0.264 e. The Hall–Kier alpha value is -3.72. The van der Waals surface area contributed by atoms with E-state index in [1.165, 1.54) is 32.4 Å². The van der Waals surface area contributed by atoms with Gasteiger partial charge in [-0.25, -0.2) is 8.42 Å². The van der Waals surface area contributed by atoms with Crippen LogP contribution >= 0.6 is 0 Å². The highest BCUT2D eigenvalue weighted by Crippen LogP contribution is 2.35. The molecule has 0 fully saturated rings. The molecule has 0 unspecified atom stereocenters. The van der Waals surface area contributed by atoms with Crippen molar-refractivity contribution in [2.75, 3.05) is 32.2 Å². The number of anilines is 1. The summed E-state index contributed by atoms with van der Waals surface area (Å²) >= 11 is 0. The fraction of sp³-hybridized carbons (Fsp3) is 0.240. The predicted octanol–water partition coefficient (Wildman–Crippen LogP) is 3.53. The molecule has 0 radical (unpaired) electrons. The van der Waals surface area contributed by atoms with Crippen LogP contribution in [0.1, 0.15) is 11.1 Å². The van der Waals surface area contributed by atoms with Gasteiger partial charge < -0.3 is 19.5 Å². The van der Waals surface area contributed by atoms with Crippen LogP contribution in [0.25, 0.3) is 0 Å². The molecular formula is C25H28N2O6S. The first-order valence-electron chi connectivity index (χ1n) is 10.5. The summed E-state index contributed by atoms with van der Waals surface area (Å²) in [6.07, 6.45) is 0. The SMILES string of the molecule is COc1ccc(CNC(=O)CN(c2cc(OC)ccc2OC)S(=O)(=O)c2ccc(C)cc2)cc1. The second-order valence-corrected chi connectivity index (χ2v) is 9.35. The Balaban J connectivity index is 1.93. The van der Waals surface area contributed by atoms with Gasteiger partial charge in [-0.3, -0.25) is 9.10 Å². The molecule has 3 rings (SSSR count). The summed E-state index contributed by atoms with van der Waals surface area (Å²) in [5.74, 6) is 0.949. The van der Waals surface area contributed by atoms with Gasteiger partial charge in [-0.15, -0.1) is 0 Å². The van der Waals surface area contributed by atoms with Crippen LogP contribution in [-0.4, -0.2) is 42.2 Å². The zero-order chi connectivity index (χ0) is 24.7. The van der Waals surface area contributed by atoms with Crippen molar-refractivity contribution in [2.45, 2.75) is 18.4 Å². The van der Waals surface area contributed by atoms with E-state index in [2.05, 4.69) is 5.32 Å². The van der Waals surface area contributed by atoms with E-state index in [4.69, 9.17) is 14.2 Å². The van der Waals surface area contributed by atoms with E-state index in [-0.39, 0.29) is 17.1 Å². The molecule has 0 aliphatic rings. The minimum atomic E-state index is -4.10. The Morgan fingerprint density at radius 1 is 0.853 bits per heavy atom. The molecule has 180 valence electrons. The first-order valence-corrected chi connectivity index (χ1v) is 11.9. The van der Waals surface area contributed by atoms with Crippen molar-refractivity contribution in [3.63, 3.8) is 0 Å². The van der Waals surface area contributed by atoms with Crippen LogP contribution in [0.4, 0.5) is 5.69 Å². The molecule has 3 aromatic rings. The van der Waals surface area contributed by atoms with Gasteiger partial charge in [-0.2, -0.15) is 0 Å². The third-order valence-electron chi connectivity index (χ3n) is 5.20. The lowest BCUT2D eigenvalue weighted by Gasteiger charge is -2.26. The standard InChI is InChI=1S/C25H28N2O6S/c1-18-5-12-22(13-6-18)34(29,30)27(23-15-21(32-3)11-14-24(23)33-4)17-25(28)26-16-19-7-9-20(31-2)10-8-19/h5-15H,16-17H2,1-4H3,(H,26,28). The normalized spacial score (nSPS) is 10.9. The van der Waals surface area contributed by atoms with Crippen LogP contribution in [-0.2, 0) is 21.4 Å². The molecule has 0 bridgehead atoms. The fourth-order valence-electron chi connectivity index (χ4n) is 3.26. The molecule has 0 saturated heterocycles. The number of rotatable bonds is 10. The molecule has 0 aliphatic heterocycles. The van der Waals surface area contributed by atoms with Crippen LogP contribution in [0, 0.1) is 6.92 Å². The van der Waals surface area contributed by atoms with E-state index < -0.39 is 22.5 Å². The third-order valence-corrected chi connectivity index (χ3v) is 6.97. The van der Waals surface area contributed by atoms with E-state index in [0.29, 0.717) is 17.2 Å². The van der Waals surface area contributed by atoms with Crippen molar-refractivity contribution < 1.29 is 27.4 Å². The Morgan fingerprint density at radius 3 is 2.06 bits per heavy atom. The Morgan fingerprint density at radius 2 is 1.47 bits per heavy atom. The van der Waals surface area contributed by atoms with E-state index in [1.807, 2.05) is 19.1 Å². The minimum Gasteiger partial charge on any atom is -0.497 e. The lowest BCUT2D eigenvalue weighted by molar-refractivity contribution is -0.119. The predicted molar refractivity (Wildman–Crippen MR) is 130 cm³/mol. The van der Waals surface area contributed by atoms with Crippen molar-refractivity contribution in [3.05, 3.63) is 77.9 Å². The fourth-order valence-corrected chi connectivity index (χ4v) is 4.68. The number of aryl methyl sites for hydroxylation is 1. The maximum atomic E-state index is 13.6. The maximum Gasteiger partial charge on any atom is 0.264 e. The molecule has 0 heterocycles. The number of hydrogen-bond acceptors (Lipinski definition) is 6. The number of carbonyl (C=O) groups excluding carboxylic acids is 1. The number of nitrogens with zero attached hydrogens (tertiary/aromatic N) is 1. The van der Waals surface area contributed by atoms with E-state index in [0.717, 1.165) is 15.4 Å².